The van der Waals surface area contributed by atoms with Gasteiger partial charge in [-0.25, -0.2) is 0 Å². The molecule has 2 fully saturated rings. The Bertz CT molecular complexity index is 394. The third-order valence-corrected chi connectivity index (χ3v) is 6.58. The molecule has 0 aromatic heterocycles. The van der Waals surface area contributed by atoms with Crippen molar-refractivity contribution in [3.63, 3.8) is 0 Å². The van der Waals surface area contributed by atoms with Crippen LogP contribution in [0.2, 0.25) is 0 Å². The highest BCUT2D eigenvalue weighted by Crippen LogP contribution is 2.34. The number of ether oxygens (including phenoxy) is 2. The summed E-state index contributed by atoms with van der Waals surface area (Å²) in [6, 6.07) is 0. The van der Waals surface area contributed by atoms with Crippen molar-refractivity contribution in [1.82, 2.24) is 0 Å². The number of hydrogen-bond acceptors (Lipinski definition) is 5. The molecule has 0 spiro atoms. The second kappa shape index (κ2) is 10.9. The third-order valence-electron chi connectivity index (χ3n) is 6.58. The first-order valence-corrected chi connectivity index (χ1v) is 10.4. The van der Waals surface area contributed by atoms with Gasteiger partial charge in [0.1, 0.15) is 0 Å². The Morgan fingerprint density at radius 3 is 1.42 bits per heavy atom. The van der Waals surface area contributed by atoms with Crippen molar-refractivity contribution in [2.75, 3.05) is 14.2 Å². The van der Waals surface area contributed by atoms with Gasteiger partial charge < -0.3 is 14.6 Å². The van der Waals surface area contributed by atoms with Crippen LogP contribution < -0.4 is 0 Å². The van der Waals surface area contributed by atoms with Gasteiger partial charge >= 0.3 is 11.9 Å². The maximum absolute atomic E-state index is 11.6. The first-order chi connectivity index (χ1) is 12.5. The lowest BCUT2D eigenvalue weighted by molar-refractivity contribution is -0.147. The Morgan fingerprint density at radius 1 is 0.769 bits per heavy atom. The number of methoxy groups -OCH3 is 2. The number of carbonyl (C=O) groups excluding carboxylic acids is 2. The quantitative estimate of drug-likeness (QED) is 0.659. The van der Waals surface area contributed by atoms with Crippen molar-refractivity contribution >= 4 is 11.9 Å². The molecule has 0 unspecified atom stereocenters. The normalized spacial score (nSPS) is 30.4. The summed E-state index contributed by atoms with van der Waals surface area (Å²) in [4.78, 5) is 23.1. The highest BCUT2D eigenvalue weighted by atomic mass is 16.5. The molecule has 5 nitrogen and oxygen atoms in total. The van der Waals surface area contributed by atoms with Crippen LogP contribution in [0.1, 0.15) is 77.0 Å². The van der Waals surface area contributed by atoms with E-state index in [0.29, 0.717) is 11.8 Å². The van der Waals surface area contributed by atoms with Gasteiger partial charge in [-0.15, -0.1) is 0 Å². The molecule has 0 aromatic rings. The van der Waals surface area contributed by atoms with Crippen LogP contribution >= 0.6 is 0 Å². The van der Waals surface area contributed by atoms with Crippen molar-refractivity contribution < 1.29 is 24.2 Å². The summed E-state index contributed by atoms with van der Waals surface area (Å²) in [6.45, 7) is 0. The van der Waals surface area contributed by atoms with Crippen LogP contribution in [0.25, 0.3) is 0 Å². The maximum Gasteiger partial charge on any atom is 0.308 e. The molecule has 0 radical (unpaired) electrons. The van der Waals surface area contributed by atoms with E-state index in [9.17, 15) is 14.7 Å². The van der Waals surface area contributed by atoms with E-state index in [1.165, 1.54) is 14.2 Å². The number of rotatable bonds is 8. The number of aliphatic hydroxyl groups is 1. The molecule has 0 amide bonds. The van der Waals surface area contributed by atoms with Gasteiger partial charge in [0, 0.05) is 0 Å². The zero-order valence-electron chi connectivity index (χ0n) is 16.5. The number of aliphatic hydroxyl groups excluding tert-OH is 1. The lowest BCUT2D eigenvalue weighted by atomic mass is 9.78. The van der Waals surface area contributed by atoms with Gasteiger partial charge in [0.05, 0.1) is 32.2 Å². The lowest BCUT2D eigenvalue weighted by Crippen LogP contribution is -2.24. The Morgan fingerprint density at radius 2 is 1.12 bits per heavy atom. The Balaban J connectivity index is 1.55. The van der Waals surface area contributed by atoms with Gasteiger partial charge in [0.15, 0.2) is 0 Å². The first kappa shape index (κ1) is 21.2. The van der Waals surface area contributed by atoms with Crippen molar-refractivity contribution in [3.05, 3.63) is 0 Å². The molecule has 0 bridgehead atoms. The predicted molar refractivity (Wildman–Crippen MR) is 99.4 cm³/mol. The molecule has 1 N–H and O–H groups in total. The van der Waals surface area contributed by atoms with Crippen LogP contribution in [-0.4, -0.2) is 37.4 Å². The molecule has 0 aromatic carbocycles. The van der Waals surface area contributed by atoms with Crippen LogP contribution in [0.3, 0.4) is 0 Å². The van der Waals surface area contributed by atoms with E-state index < -0.39 is 0 Å². The van der Waals surface area contributed by atoms with Crippen molar-refractivity contribution in [3.8, 4) is 0 Å². The van der Waals surface area contributed by atoms with Gasteiger partial charge in [-0.2, -0.15) is 0 Å². The van der Waals surface area contributed by atoms with Gasteiger partial charge in [0.2, 0.25) is 0 Å². The summed E-state index contributed by atoms with van der Waals surface area (Å²) >= 11 is 0. The van der Waals surface area contributed by atoms with Gasteiger partial charge in [-0.05, 0) is 88.9 Å². The number of carbonyl (C=O) groups is 2. The molecule has 0 saturated heterocycles. The molecule has 26 heavy (non-hydrogen) atoms. The SMILES string of the molecule is COC(=O)C1CCC(CCC(O)CCC2CCC(C(=O)OC)CC2)CC1. The van der Waals surface area contributed by atoms with E-state index >= 15 is 0 Å². The highest BCUT2D eigenvalue weighted by Gasteiger charge is 2.28. The molecule has 2 aliphatic carbocycles. The average molecular weight is 369 g/mol. The van der Waals surface area contributed by atoms with Crippen molar-refractivity contribution in [2.45, 2.75) is 83.2 Å². The largest absolute Gasteiger partial charge is 0.469 e. The molecule has 150 valence electrons. The summed E-state index contributed by atoms with van der Waals surface area (Å²) in [5.74, 6) is 1.32. The van der Waals surface area contributed by atoms with Crippen LogP contribution in [0.15, 0.2) is 0 Å². The van der Waals surface area contributed by atoms with Crippen molar-refractivity contribution in [1.29, 1.82) is 0 Å². The van der Waals surface area contributed by atoms with E-state index in [4.69, 9.17) is 9.47 Å². The summed E-state index contributed by atoms with van der Waals surface area (Å²) in [5.41, 5.74) is 0. The fraction of sp³-hybridized carbons (Fsp3) is 0.905. The lowest BCUT2D eigenvalue weighted by Gasteiger charge is -2.28. The number of hydrogen-bond donors (Lipinski definition) is 1. The molecule has 5 heteroatoms. The Labute approximate surface area is 157 Å². The summed E-state index contributed by atoms with van der Waals surface area (Å²) in [7, 11) is 2.93. The van der Waals surface area contributed by atoms with Crippen LogP contribution in [0.4, 0.5) is 0 Å². The molecule has 0 atom stereocenters. The first-order valence-electron chi connectivity index (χ1n) is 10.4. The van der Waals surface area contributed by atoms with E-state index in [-0.39, 0.29) is 29.9 Å². The van der Waals surface area contributed by atoms with Crippen LogP contribution in [0, 0.1) is 23.7 Å². The smallest absolute Gasteiger partial charge is 0.308 e. The zero-order chi connectivity index (χ0) is 18.9. The summed E-state index contributed by atoms with van der Waals surface area (Å²) < 4.78 is 9.67. The van der Waals surface area contributed by atoms with Gasteiger partial charge in [-0.3, -0.25) is 9.59 Å². The summed E-state index contributed by atoms with van der Waals surface area (Å²) in [6.07, 6.45) is 11.6. The monoisotopic (exact) mass is 368 g/mol. The average Bonchev–Trinajstić information content (AvgIpc) is 2.70. The molecule has 2 saturated carbocycles. The number of esters is 2. The van der Waals surface area contributed by atoms with E-state index in [2.05, 4.69) is 0 Å². The molecule has 2 aliphatic rings. The van der Waals surface area contributed by atoms with Crippen LogP contribution in [-0.2, 0) is 19.1 Å². The minimum Gasteiger partial charge on any atom is -0.469 e. The van der Waals surface area contributed by atoms with E-state index in [1.807, 2.05) is 0 Å². The third kappa shape index (κ3) is 6.57. The standard InChI is InChI=1S/C21H36O5/c1-25-20(23)17-9-3-15(4-10-17)7-13-19(22)14-8-16-5-11-18(12-6-16)21(24)26-2/h15-19,22H,3-14H2,1-2H3. The molecule has 2 rings (SSSR count). The highest BCUT2D eigenvalue weighted by molar-refractivity contribution is 5.72. The van der Waals surface area contributed by atoms with E-state index in [1.54, 1.807) is 0 Å². The maximum atomic E-state index is 11.6. The topological polar surface area (TPSA) is 72.8 Å². The Hall–Kier alpha value is -1.10. The molecular weight excluding hydrogens is 332 g/mol. The predicted octanol–water partition coefficient (Wildman–Crippen LogP) is 3.87. The zero-order valence-corrected chi connectivity index (χ0v) is 16.5. The van der Waals surface area contributed by atoms with E-state index in [0.717, 1.165) is 77.0 Å². The Kier molecular flexibility index (Phi) is 8.89. The van der Waals surface area contributed by atoms with Gasteiger partial charge in [-0.1, -0.05) is 0 Å². The molecule has 0 heterocycles. The van der Waals surface area contributed by atoms with Crippen molar-refractivity contribution in [2.24, 2.45) is 23.7 Å². The molecule has 0 aliphatic heterocycles. The fourth-order valence-corrected chi connectivity index (χ4v) is 4.71. The minimum absolute atomic E-state index is 0.0644. The molecular formula is C21H36O5. The summed E-state index contributed by atoms with van der Waals surface area (Å²) in [5, 5.41) is 10.3. The fourth-order valence-electron chi connectivity index (χ4n) is 4.71. The minimum atomic E-state index is -0.216. The van der Waals surface area contributed by atoms with Crippen LogP contribution in [0.5, 0.6) is 0 Å². The second-order valence-corrected chi connectivity index (χ2v) is 8.29. The van der Waals surface area contributed by atoms with Gasteiger partial charge in [0.25, 0.3) is 0 Å². The second-order valence-electron chi connectivity index (χ2n) is 8.29.